The van der Waals surface area contributed by atoms with E-state index in [9.17, 15) is 18.5 Å². The largest absolute Gasteiger partial charge is 0.379 e. The van der Waals surface area contributed by atoms with Crippen molar-refractivity contribution in [3.05, 3.63) is 33.9 Å². The fraction of sp³-hybridized carbons (Fsp3) is 0.538. The van der Waals surface area contributed by atoms with Crippen molar-refractivity contribution in [2.24, 2.45) is 0 Å². The van der Waals surface area contributed by atoms with Crippen molar-refractivity contribution >= 4 is 33.0 Å². The van der Waals surface area contributed by atoms with Crippen LogP contribution in [-0.4, -0.2) is 37.6 Å². The summed E-state index contributed by atoms with van der Waals surface area (Å²) in [5, 5.41) is 14.2. The quantitative estimate of drug-likeness (QED) is 0.425. The number of nitro groups is 1. The van der Waals surface area contributed by atoms with Gasteiger partial charge in [-0.2, -0.15) is 11.8 Å². The number of hydrogen-bond donors (Lipinski definition) is 1. The summed E-state index contributed by atoms with van der Waals surface area (Å²) in [7, 11) is -2.97. The Bertz CT molecular complexity index is 588. The van der Waals surface area contributed by atoms with Crippen molar-refractivity contribution in [3.8, 4) is 0 Å². The summed E-state index contributed by atoms with van der Waals surface area (Å²) in [6.45, 7) is 2.65. The Morgan fingerprint density at radius 2 is 2.10 bits per heavy atom. The smallest absolute Gasteiger partial charge is 0.292 e. The van der Waals surface area contributed by atoms with Crippen molar-refractivity contribution in [1.82, 2.24) is 0 Å². The Hall–Kier alpha value is -1.28. The molecule has 0 saturated carbocycles. The van der Waals surface area contributed by atoms with E-state index in [1.807, 2.05) is 13.0 Å². The summed E-state index contributed by atoms with van der Waals surface area (Å²) in [6.07, 6.45) is 2.07. The average Bonchev–Trinajstić information content (AvgIpc) is 2.40. The van der Waals surface area contributed by atoms with Crippen LogP contribution in [0.5, 0.6) is 0 Å². The molecule has 0 aromatic heterocycles. The number of benzene rings is 1. The fourth-order valence-electron chi connectivity index (χ4n) is 1.71. The molecule has 0 aliphatic carbocycles. The highest BCUT2D eigenvalue weighted by Gasteiger charge is 2.16. The minimum atomic E-state index is -2.97. The predicted molar refractivity (Wildman–Crippen MR) is 87.7 cm³/mol. The van der Waals surface area contributed by atoms with Gasteiger partial charge in [0.05, 0.1) is 10.7 Å². The topological polar surface area (TPSA) is 89.3 Å². The van der Waals surface area contributed by atoms with Crippen LogP contribution in [0.3, 0.4) is 0 Å². The zero-order chi connectivity index (χ0) is 15.9. The first-order valence-electron chi connectivity index (χ1n) is 6.60. The van der Waals surface area contributed by atoms with Gasteiger partial charge >= 0.3 is 0 Å². The van der Waals surface area contributed by atoms with E-state index < -0.39 is 14.8 Å². The molecule has 0 aliphatic rings. The molecule has 0 saturated heterocycles. The average molecular weight is 332 g/mol. The molecule has 0 amide bonds. The van der Waals surface area contributed by atoms with Crippen molar-refractivity contribution in [2.45, 2.75) is 19.1 Å². The molecular weight excluding hydrogens is 312 g/mol. The van der Waals surface area contributed by atoms with Crippen LogP contribution in [0.1, 0.15) is 18.9 Å². The van der Waals surface area contributed by atoms with E-state index >= 15 is 0 Å². The van der Waals surface area contributed by atoms with Crippen molar-refractivity contribution in [3.63, 3.8) is 0 Å². The second-order valence-corrected chi connectivity index (χ2v) is 8.04. The second-order valence-electron chi connectivity index (χ2n) is 4.68. The van der Waals surface area contributed by atoms with Crippen LogP contribution >= 0.6 is 11.8 Å². The van der Waals surface area contributed by atoms with Gasteiger partial charge in [-0.3, -0.25) is 10.1 Å². The lowest BCUT2D eigenvalue weighted by Gasteiger charge is -2.11. The lowest BCUT2D eigenvalue weighted by molar-refractivity contribution is -0.384. The van der Waals surface area contributed by atoms with Gasteiger partial charge < -0.3 is 5.32 Å². The molecular formula is C13H20N2O4S2. The number of thioether (sulfide) groups is 1. The van der Waals surface area contributed by atoms with E-state index in [4.69, 9.17) is 0 Å². The molecule has 1 rings (SSSR count). The van der Waals surface area contributed by atoms with Gasteiger partial charge in [-0.05, 0) is 12.0 Å². The summed E-state index contributed by atoms with van der Waals surface area (Å²) in [6, 6.07) is 4.96. The van der Waals surface area contributed by atoms with E-state index in [1.165, 1.54) is 24.1 Å². The highest BCUT2D eigenvalue weighted by Crippen LogP contribution is 2.30. The van der Waals surface area contributed by atoms with Gasteiger partial charge in [0.15, 0.2) is 0 Å². The molecule has 8 heteroatoms. The first-order valence-corrected chi connectivity index (χ1v) is 9.82. The standard InChI is InChI=1S/C13H20N2O4S2/c1-3-7-14-13-11(5-4-6-12(13)15(16)17)10-20-8-9-21(2,18)19/h4-6,14H,3,7-10H2,1-2H3. The molecule has 0 fully saturated rings. The summed E-state index contributed by atoms with van der Waals surface area (Å²) in [4.78, 5) is 10.7. The fourth-order valence-corrected chi connectivity index (χ4v) is 3.99. The lowest BCUT2D eigenvalue weighted by Crippen LogP contribution is -2.07. The van der Waals surface area contributed by atoms with Crippen LogP contribution in [0.15, 0.2) is 18.2 Å². The third kappa shape index (κ3) is 6.34. The van der Waals surface area contributed by atoms with Crippen LogP contribution in [0, 0.1) is 10.1 Å². The number of para-hydroxylation sites is 1. The van der Waals surface area contributed by atoms with Crippen LogP contribution in [-0.2, 0) is 15.6 Å². The van der Waals surface area contributed by atoms with Gasteiger partial charge in [0.25, 0.3) is 5.69 Å². The SMILES string of the molecule is CCCNc1c(CSCCS(C)(=O)=O)cccc1[N+](=O)[O-]. The molecule has 0 bridgehead atoms. The first-order chi connectivity index (χ1) is 9.85. The van der Waals surface area contributed by atoms with Gasteiger partial charge in [-0.25, -0.2) is 8.42 Å². The lowest BCUT2D eigenvalue weighted by atomic mass is 10.1. The number of sulfone groups is 1. The van der Waals surface area contributed by atoms with E-state index in [1.54, 1.807) is 6.07 Å². The summed E-state index contributed by atoms with van der Waals surface area (Å²) in [5.41, 5.74) is 1.43. The zero-order valence-corrected chi connectivity index (χ0v) is 13.8. The van der Waals surface area contributed by atoms with E-state index in [0.717, 1.165) is 12.0 Å². The molecule has 0 aliphatic heterocycles. The minimum Gasteiger partial charge on any atom is -0.379 e. The Morgan fingerprint density at radius 1 is 1.38 bits per heavy atom. The maximum absolute atomic E-state index is 11.1. The molecule has 1 aromatic rings. The van der Waals surface area contributed by atoms with Crippen LogP contribution in [0.25, 0.3) is 0 Å². The Kier molecular flexibility index (Phi) is 6.97. The van der Waals surface area contributed by atoms with E-state index in [2.05, 4.69) is 5.32 Å². The zero-order valence-electron chi connectivity index (χ0n) is 12.2. The van der Waals surface area contributed by atoms with E-state index in [-0.39, 0.29) is 11.4 Å². The molecule has 118 valence electrons. The number of hydrogen-bond acceptors (Lipinski definition) is 6. The Labute approximate surface area is 129 Å². The van der Waals surface area contributed by atoms with Crippen LogP contribution in [0.2, 0.25) is 0 Å². The van der Waals surface area contributed by atoms with Crippen molar-refractivity contribution in [1.29, 1.82) is 0 Å². The maximum Gasteiger partial charge on any atom is 0.292 e. The monoisotopic (exact) mass is 332 g/mol. The van der Waals surface area contributed by atoms with Crippen LogP contribution in [0.4, 0.5) is 11.4 Å². The number of nitrogens with zero attached hydrogens (tertiary/aromatic N) is 1. The molecule has 1 aromatic carbocycles. The molecule has 0 heterocycles. The molecule has 0 radical (unpaired) electrons. The molecule has 0 spiro atoms. The van der Waals surface area contributed by atoms with E-state index in [0.29, 0.717) is 23.7 Å². The van der Waals surface area contributed by atoms with Gasteiger partial charge in [-0.15, -0.1) is 0 Å². The van der Waals surface area contributed by atoms with Gasteiger partial charge in [0.2, 0.25) is 0 Å². The summed E-state index contributed by atoms with van der Waals surface area (Å²) in [5.74, 6) is 1.14. The number of rotatable bonds is 9. The number of nitro benzene ring substituents is 1. The Morgan fingerprint density at radius 3 is 2.67 bits per heavy atom. The molecule has 21 heavy (non-hydrogen) atoms. The second kappa shape index (κ2) is 8.23. The van der Waals surface area contributed by atoms with Crippen LogP contribution < -0.4 is 5.32 Å². The van der Waals surface area contributed by atoms with Gasteiger partial charge in [0, 0.05) is 30.4 Å². The third-order valence-corrected chi connectivity index (χ3v) is 4.95. The molecule has 0 unspecified atom stereocenters. The maximum atomic E-state index is 11.1. The first kappa shape index (κ1) is 17.8. The molecule has 0 atom stereocenters. The van der Waals surface area contributed by atoms with Gasteiger partial charge in [-0.1, -0.05) is 19.1 Å². The molecule has 6 nitrogen and oxygen atoms in total. The molecule has 1 N–H and O–H groups in total. The Balaban J connectivity index is 2.80. The van der Waals surface area contributed by atoms with Crippen molar-refractivity contribution in [2.75, 3.05) is 29.6 Å². The number of anilines is 1. The minimum absolute atomic E-state index is 0.0599. The highest BCUT2D eigenvalue weighted by atomic mass is 32.2. The van der Waals surface area contributed by atoms with Crippen molar-refractivity contribution < 1.29 is 13.3 Å². The summed E-state index contributed by atoms with van der Waals surface area (Å²) >= 11 is 1.46. The van der Waals surface area contributed by atoms with Gasteiger partial charge in [0.1, 0.15) is 15.5 Å². The normalized spacial score (nSPS) is 11.3. The highest BCUT2D eigenvalue weighted by molar-refractivity contribution is 7.99. The number of nitrogens with one attached hydrogen (secondary N) is 1. The third-order valence-electron chi connectivity index (χ3n) is 2.73. The predicted octanol–water partition coefficient (Wildman–Crippen LogP) is 2.69. The summed E-state index contributed by atoms with van der Waals surface area (Å²) < 4.78 is 22.2.